The number of hydrogen-bond acceptors (Lipinski definition) is 3. The van der Waals surface area contributed by atoms with E-state index in [-0.39, 0.29) is 18.1 Å². The molecule has 0 aromatic rings. The minimum atomic E-state index is -0.0946. The molecule has 2 fully saturated rings. The number of rotatable bonds is 4. The zero-order chi connectivity index (χ0) is 12.1. The molecule has 1 heterocycles. The number of amides is 2. The van der Waals surface area contributed by atoms with Gasteiger partial charge in [-0.25, -0.2) is 4.79 Å². The minimum absolute atomic E-state index is 0.0946. The van der Waals surface area contributed by atoms with Crippen molar-refractivity contribution in [1.29, 1.82) is 0 Å². The van der Waals surface area contributed by atoms with E-state index in [2.05, 4.69) is 10.6 Å². The second-order valence-corrected chi connectivity index (χ2v) is 5.07. The maximum absolute atomic E-state index is 11.8. The monoisotopic (exact) mass is 241 g/mol. The first-order valence-electron chi connectivity index (χ1n) is 6.64. The van der Waals surface area contributed by atoms with Crippen molar-refractivity contribution in [1.82, 2.24) is 10.6 Å². The first kappa shape index (κ1) is 12.6. The molecule has 1 saturated carbocycles. The maximum atomic E-state index is 11.8. The average molecular weight is 241 g/mol. The summed E-state index contributed by atoms with van der Waals surface area (Å²) in [5.74, 6) is 0.561. The largest absolute Gasteiger partial charge is 0.379 e. The van der Waals surface area contributed by atoms with Crippen LogP contribution in [0.3, 0.4) is 0 Å². The zero-order valence-corrected chi connectivity index (χ0v) is 10.3. The third-order valence-corrected chi connectivity index (χ3v) is 3.80. The van der Waals surface area contributed by atoms with Crippen LogP contribution >= 0.6 is 0 Å². The van der Waals surface area contributed by atoms with Crippen molar-refractivity contribution in [2.75, 3.05) is 19.8 Å². The molecule has 1 saturated heterocycles. The van der Waals surface area contributed by atoms with Gasteiger partial charge in [-0.05, 0) is 25.2 Å². The number of ether oxygens (including phenoxy) is 1. The summed E-state index contributed by atoms with van der Waals surface area (Å²) >= 11 is 0. The fraction of sp³-hybridized carbons (Fsp3) is 0.917. The molecule has 1 aliphatic carbocycles. The van der Waals surface area contributed by atoms with E-state index in [1.165, 1.54) is 25.7 Å². The van der Waals surface area contributed by atoms with Gasteiger partial charge in [0, 0.05) is 19.2 Å². The predicted molar refractivity (Wildman–Crippen MR) is 65.7 cm³/mol. The molecule has 17 heavy (non-hydrogen) atoms. The third-order valence-electron chi connectivity index (χ3n) is 3.80. The van der Waals surface area contributed by atoms with Crippen LogP contribution in [-0.4, -0.2) is 37.9 Å². The van der Waals surface area contributed by atoms with E-state index in [9.17, 15) is 4.79 Å². The summed E-state index contributed by atoms with van der Waals surface area (Å²) in [6, 6.07) is 0.194. The molecule has 0 aromatic carbocycles. The maximum Gasteiger partial charge on any atom is 0.315 e. The number of urea groups is 1. The molecule has 5 nitrogen and oxygen atoms in total. The van der Waals surface area contributed by atoms with Gasteiger partial charge in [0.15, 0.2) is 0 Å². The molecule has 1 aliphatic heterocycles. The van der Waals surface area contributed by atoms with Gasteiger partial charge in [-0.2, -0.15) is 0 Å². The first-order chi connectivity index (χ1) is 8.29. The summed E-state index contributed by atoms with van der Waals surface area (Å²) < 4.78 is 5.22. The Kier molecular flexibility index (Phi) is 4.62. The van der Waals surface area contributed by atoms with Crippen molar-refractivity contribution < 1.29 is 9.53 Å². The minimum Gasteiger partial charge on any atom is -0.379 e. The number of nitrogens with two attached hydrogens (primary N) is 1. The standard InChI is InChI=1S/C12H23N3O2/c13-7-11(9-3-1-2-4-9)15-12(16)14-10-5-6-17-8-10/h9-11H,1-8,13H2,(H2,14,15,16). The lowest BCUT2D eigenvalue weighted by molar-refractivity contribution is 0.187. The summed E-state index contributed by atoms with van der Waals surface area (Å²) in [5, 5.41) is 5.94. The summed E-state index contributed by atoms with van der Waals surface area (Å²) in [4.78, 5) is 11.8. The van der Waals surface area contributed by atoms with Crippen LogP contribution in [0.1, 0.15) is 32.1 Å². The number of hydrogen-bond donors (Lipinski definition) is 3. The Morgan fingerprint density at radius 1 is 1.35 bits per heavy atom. The van der Waals surface area contributed by atoms with Crippen molar-refractivity contribution in [2.24, 2.45) is 11.7 Å². The second-order valence-electron chi connectivity index (χ2n) is 5.07. The summed E-state index contributed by atoms with van der Waals surface area (Å²) in [5.41, 5.74) is 5.74. The molecule has 2 atom stereocenters. The van der Waals surface area contributed by atoms with E-state index in [1.807, 2.05) is 0 Å². The van der Waals surface area contributed by atoms with Gasteiger partial charge in [0.1, 0.15) is 0 Å². The summed E-state index contributed by atoms with van der Waals surface area (Å²) in [6.45, 7) is 1.90. The lowest BCUT2D eigenvalue weighted by atomic mass is 9.98. The van der Waals surface area contributed by atoms with E-state index < -0.39 is 0 Å². The molecule has 0 aromatic heterocycles. The number of carbonyl (C=O) groups is 1. The van der Waals surface area contributed by atoms with Crippen LogP contribution in [0, 0.1) is 5.92 Å². The molecule has 5 heteroatoms. The lowest BCUT2D eigenvalue weighted by Crippen LogP contribution is -2.51. The van der Waals surface area contributed by atoms with Crippen LogP contribution < -0.4 is 16.4 Å². The molecule has 2 amide bonds. The van der Waals surface area contributed by atoms with Gasteiger partial charge in [0.25, 0.3) is 0 Å². The van der Waals surface area contributed by atoms with Gasteiger partial charge in [-0.3, -0.25) is 0 Å². The highest BCUT2D eigenvalue weighted by Crippen LogP contribution is 2.27. The van der Waals surface area contributed by atoms with E-state index in [0.29, 0.717) is 19.1 Å². The first-order valence-corrected chi connectivity index (χ1v) is 6.64. The molecule has 2 rings (SSSR count). The molecule has 0 spiro atoms. The SMILES string of the molecule is NCC(NC(=O)NC1CCOC1)C1CCCC1. The zero-order valence-electron chi connectivity index (χ0n) is 10.3. The summed E-state index contributed by atoms with van der Waals surface area (Å²) in [7, 11) is 0. The molecule has 2 unspecified atom stereocenters. The van der Waals surface area contributed by atoms with Crippen molar-refractivity contribution >= 4 is 6.03 Å². The average Bonchev–Trinajstić information content (AvgIpc) is 2.97. The molecule has 4 N–H and O–H groups in total. The van der Waals surface area contributed by atoms with Crippen molar-refractivity contribution in [2.45, 2.75) is 44.2 Å². The Morgan fingerprint density at radius 3 is 2.71 bits per heavy atom. The summed E-state index contributed by atoms with van der Waals surface area (Å²) in [6.07, 6.45) is 5.81. The number of carbonyl (C=O) groups excluding carboxylic acids is 1. The Labute approximate surface area is 102 Å². The van der Waals surface area contributed by atoms with Crippen LogP contribution in [0.2, 0.25) is 0 Å². The van der Waals surface area contributed by atoms with Crippen LogP contribution in [0.15, 0.2) is 0 Å². The molecular formula is C12H23N3O2. The smallest absolute Gasteiger partial charge is 0.315 e. The van der Waals surface area contributed by atoms with Crippen LogP contribution in [-0.2, 0) is 4.74 Å². The topological polar surface area (TPSA) is 76.4 Å². The normalized spacial score (nSPS) is 27.0. The van der Waals surface area contributed by atoms with E-state index >= 15 is 0 Å². The van der Waals surface area contributed by atoms with Gasteiger partial charge >= 0.3 is 6.03 Å². The highest BCUT2D eigenvalue weighted by Gasteiger charge is 2.26. The van der Waals surface area contributed by atoms with Gasteiger partial charge in [-0.15, -0.1) is 0 Å². The van der Waals surface area contributed by atoms with E-state index in [1.54, 1.807) is 0 Å². The van der Waals surface area contributed by atoms with Crippen molar-refractivity contribution in [3.05, 3.63) is 0 Å². The quantitative estimate of drug-likeness (QED) is 0.674. The van der Waals surface area contributed by atoms with Crippen LogP contribution in [0.4, 0.5) is 4.79 Å². The Hall–Kier alpha value is -0.810. The molecule has 0 radical (unpaired) electrons. The molecule has 98 valence electrons. The van der Waals surface area contributed by atoms with Gasteiger partial charge < -0.3 is 21.1 Å². The van der Waals surface area contributed by atoms with Crippen molar-refractivity contribution in [3.8, 4) is 0 Å². The van der Waals surface area contributed by atoms with Crippen molar-refractivity contribution in [3.63, 3.8) is 0 Å². The van der Waals surface area contributed by atoms with Gasteiger partial charge in [0.05, 0.1) is 12.6 Å². The lowest BCUT2D eigenvalue weighted by Gasteiger charge is -2.24. The second kappa shape index (κ2) is 6.21. The van der Waals surface area contributed by atoms with E-state index in [0.717, 1.165) is 13.0 Å². The molecule has 0 bridgehead atoms. The molecule has 2 aliphatic rings. The highest BCUT2D eigenvalue weighted by molar-refractivity contribution is 5.74. The molecular weight excluding hydrogens is 218 g/mol. The Balaban J connectivity index is 1.74. The van der Waals surface area contributed by atoms with Crippen LogP contribution in [0.25, 0.3) is 0 Å². The van der Waals surface area contributed by atoms with Gasteiger partial charge in [0.2, 0.25) is 0 Å². The Morgan fingerprint density at radius 2 is 2.12 bits per heavy atom. The van der Waals surface area contributed by atoms with Gasteiger partial charge in [-0.1, -0.05) is 12.8 Å². The van der Waals surface area contributed by atoms with Crippen LogP contribution in [0.5, 0.6) is 0 Å². The predicted octanol–water partition coefficient (Wildman–Crippen LogP) is 0.592. The highest BCUT2D eigenvalue weighted by atomic mass is 16.5. The third kappa shape index (κ3) is 3.57. The number of nitrogens with one attached hydrogen (secondary N) is 2. The fourth-order valence-corrected chi connectivity index (χ4v) is 2.77. The van der Waals surface area contributed by atoms with E-state index in [4.69, 9.17) is 10.5 Å². The Bertz CT molecular complexity index is 248. The fourth-order valence-electron chi connectivity index (χ4n) is 2.77.